The zero-order valence-corrected chi connectivity index (χ0v) is 9.65. The molecule has 2 unspecified atom stereocenters. The van der Waals surface area contributed by atoms with E-state index in [4.69, 9.17) is 4.74 Å². The molecule has 1 saturated carbocycles. The van der Waals surface area contributed by atoms with E-state index < -0.39 is 0 Å². The van der Waals surface area contributed by atoms with E-state index in [-0.39, 0.29) is 6.10 Å². The Morgan fingerprint density at radius 1 is 1.38 bits per heavy atom. The Morgan fingerprint density at radius 2 is 2.19 bits per heavy atom. The fraction of sp³-hybridized carbons (Fsp3) is 0.571. The molecule has 86 valence electrons. The summed E-state index contributed by atoms with van der Waals surface area (Å²) in [7, 11) is 0. The molecular weight excluding hydrogens is 200 g/mol. The molecule has 0 radical (unpaired) electrons. The average Bonchev–Trinajstić information content (AvgIpc) is 3.04. The Balaban J connectivity index is 1.90. The third kappa shape index (κ3) is 1.61. The van der Waals surface area contributed by atoms with Gasteiger partial charge in [-0.15, -0.1) is 0 Å². The van der Waals surface area contributed by atoms with Gasteiger partial charge in [0.15, 0.2) is 0 Å². The highest BCUT2D eigenvalue weighted by Crippen LogP contribution is 2.45. The number of fused-ring (bicyclic) bond motifs is 1. The fourth-order valence-corrected chi connectivity index (χ4v) is 2.64. The molecule has 0 bridgehead atoms. The molecule has 1 aromatic carbocycles. The van der Waals surface area contributed by atoms with Crippen LogP contribution in [-0.2, 0) is 6.42 Å². The number of rotatable bonds is 3. The molecular formula is C14H18O2. The summed E-state index contributed by atoms with van der Waals surface area (Å²) in [5.74, 6) is 2.02. The number of ether oxygens (including phenoxy) is 1. The van der Waals surface area contributed by atoms with Crippen molar-refractivity contribution in [1.82, 2.24) is 0 Å². The fourth-order valence-electron chi connectivity index (χ4n) is 2.64. The van der Waals surface area contributed by atoms with Crippen molar-refractivity contribution in [2.75, 3.05) is 6.61 Å². The highest BCUT2D eigenvalue weighted by molar-refractivity contribution is 5.45. The van der Waals surface area contributed by atoms with Gasteiger partial charge in [-0.3, -0.25) is 0 Å². The molecule has 16 heavy (non-hydrogen) atoms. The zero-order valence-electron chi connectivity index (χ0n) is 9.65. The van der Waals surface area contributed by atoms with E-state index in [9.17, 15) is 5.11 Å². The van der Waals surface area contributed by atoms with E-state index >= 15 is 0 Å². The number of hydrogen-bond donors (Lipinski definition) is 1. The molecule has 1 fully saturated rings. The molecule has 2 nitrogen and oxygen atoms in total. The van der Waals surface area contributed by atoms with Crippen LogP contribution in [0, 0.1) is 11.8 Å². The van der Waals surface area contributed by atoms with Crippen LogP contribution in [-0.4, -0.2) is 11.7 Å². The molecule has 1 N–H and O–H groups in total. The van der Waals surface area contributed by atoms with Crippen LogP contribution in [0.1, 0.15) is 37.0 Å². The summed E-state index contributed by atoms with van der Waals surface area (Å²) in [6.45, 7) is 2.91. The standard InChI is InChI=1S/C14H18O2/c1-9(10-5-6-10)13(15)12-4-2-3-11-7-8-16-14(11)12/h2-4,9-10,13,15H,5-8H2,1H3. The van der Waals surface area contributed by atoms with Crippen LogP contribution in [0.4, 0.5) is 0 Å². The normalized spacial score (nSPS) is 22.4. The van der Waals surface area contributed by atoms with Gasteiger partial charge in [0.05, 0.1) is 12.7 Å². The molecule has 1 aliphatic carbocycles. The SMILES string of the molecule is CC(C1CC1)C(O)c1cccc2c1OCC2. The molecule has 1 heterocycles. The van der Waals surface area contributed by atoms with Crippen LogP contribution >= 0.6 is 0 Å². The Bertz CT molecular complexity index is 396. The molecule has 1 aromatic rings. The minimum absolute atomic E-state index is 0.357. The molecule has 2 atom stereocenters. The molecule has 0 amide bonds. The van der Waals surface area contributed by atoms with E-state index in [2.05, 4.69) is 13.0 Å². The smallest absolute Gasteiger partial charge is 0.128 e. The second-order valence-corrected chi connectivity index (χ2v) is 5.08. The van der Waals surface area contributed by atoms with Gasteiger partial charge in [-0.05, 0) is 30.2 Å². The van der Waals surface area contributed by atoms with Crippen molar-refractivity contribution in [3.63, 3.8) is 0 Å². The lowest BCUT2D eigenvalue weighted by molar-refractivity contribution is 0.103. The molecule has 2 aliphatic rings. The topological polar surface area (TPSA) is 29.5 Å². The number of aliphatic hydroxyl groups excluding tert-OH is 1. The summed E-state index contributed by atoms with van der Waals surface area (Å²) in [5.41, 5.74) is 2.24. The van der Waals surface area contributed by atoms with Crippen LogP contribution in [0.2, 0.25) is 0 Å². The molecule has 2 heteroatoms. The maximum atomic E-state index is 10.4. The van der Waals surface area contributed by atoms with Gasteiger partial charge in [0.2, 0.25) is 0 Å². The van der Waals surface area contributed by atoms with Gasteiger partial charge in [-0.25, -0.2) is 0 Å². The molecule has 1 aliphatic heterocycles. The second kappa shape index (κ2) is 3.77. The molecule has 0 spiro atoms. The lowest BCUT2D eigenvalue weighted by Gasteiger charge is -2.20. The minimum Gasteiger partial charge on any atom is -0.493 e. The van der Waals surface area contributed by atoms with Gasteiger partial charge >= 0.3 is 0 Å². The summed E-state index contributed by atoms with van der Waals surface area (Å²) in [6, 6.07) is 6.14. The summed E-state index contributed by atoms with van der Waals surface area (Å²) in [4.78, 5) is 0. The third-order valence-electron chi connectivity index (χ3n) is 3.93. The monoisotopic (exact) mass is 218 g/mol. The van der Waals surface area contributed by atoms with Gasteiger partial charge in [0.1, 0.15) is 5.75 Å². The van der Waals surface area contributed by atoms with Crippen molar-refractivity contribution in [3.05, 3.63) is 29.3 Å². The minimum atomic E-state index is -0.361. The maximum absolute atomic E-state index is 10.4. The van der Waals surface area contributed by atoms with Gasteiger partial charge in [0, 0.05) is 12.0 Å². The Morgan fingerprint density at radius 3 is 2.94 bits per heavy atom. The number of hydrogen-bond acceptors (Lipinski definition) is 2. The largest absolute Gasteiger partial charge is 0.493 e. The Labute approximate surface area is 96.2 Å². The number of aliphatic hydroxyl groups is 1. The van der Waals surface area contributed by atoms with Crippen molar-refractivity contribution < 1.29 is 9.84 Å². The molecule has 3 rings (SSSR count). The van der Waals surface area contributed by atoms with E-state index in [0.29, 0.717) is 11.8 Å². The lowest BCUT2D eigenvalue weighted by Crippen LogP contribution is -2.12. The summed E-state index contributed by atoms with van der Waals surface area (Å²) < 4.78 is 5.64. The number of benzene rings is 1. The van der Waals surface area contributed by atoms with E-state index in [1.54, 1.807) is 0 Å². The van der Waals surface area contributed by atoms with Gasteiger partial charge in [0.25, 0.3) is 0 Å². The van der Waals surface area contributed by atoms with Crippen molar-refractivity contribution in [3.8, 4) is 5.75 Å². The van der Waals surface area contributed by atoms with Crippen molar-refractivity contribution >= 4 is 0 Å². The van der Waals surface area contributed by atoms with Crippen LogP contribution < -0.4 is 4.74 Å². The quantitative estimate of drug-likeness (QED) is 0.845. The predicted octanol–water partition coefficient (Wildman–Crippen LogP) is 2.70. The van der Waals surface area contributed by atoms with Crippen LogP contribution in [0.3, 0.4) is 0 Å². The summed E-state index contributed by atoms with van der Waals surface area (Å²) in [5, 5.41) is 10.4. The summed E-state index contributed by atoms with van der Waals surface area (Å²) >= 11 is 0. The highest BCUT2D eigenvalue weighted by Gasteiger charge is 2.35. The highest BCUT2D eigenvalue weighted by atomic mass is 16.5. The van der Waals surface area contributed by atoms with Crippen LogP contribution in [0.25, 0.3) is 0 Å². The van der Waals surface area contributed by atoms with Gasteiger partial charge in [-0.1, -0.05) is 25.1 Å². The third-order valence-corrected chi connectivity index (χ3v) is 3.93. The predicted molar refractivity (Wildman–Crippen MR) is 62.5 cm³/mol. The van der Waals surface area contributed by atoms with Crippen molar-refractivity contribution in [1.29, 1.82) is 0 Å². The lowest BCUT2D eigenvalue weighted by atomic mass is 9.91. The Kier molecular flexibility index (Phi) is 2.40. The second-order valence-electron chi connectivity index (χ2n) is 5.08. The first-order valence-corrected chi connectivity index (χ1v) is 6.20. The summed E-state index contributed by atoms with van der Waals surface area (Å²) in [6.07, 6.45) is 3.16. The maximum Gasteiger partial charge on any atom is 0.128 e. The number of para-hydroxylation sites is 1. The van der Waals surface area contributed by atoms with E-state index in [1.807, 2.05) is 12.1 Å². The van der Waals surface area contributed by atoms with Crippen LogP contribution in [0.5, 0.6) is 5.75 Å². The van der Waals surface area contributed by atoms with E-state index in [0.717, 1.165) is 24.3 Å². The van der Waals surface area contributed by atoms with E-state index in [1.165, 1.54) is 18.4 Å². The Hall–Kier alpha value is -1.02. The molecule has 0 aromatic heterocycles. The average molecular weight is 218 g/mol. The zero-order chi connectivity index (χ0) is 11.1. The first kappa shape index (κ1) is 10.2. The van der Waals surface area contributed by atoms with Crippen molar-refractivity contribution in [2.45, 2.75) is 32.3 Å². The van der Waals surface area contributed by atoms with Gasteiger partial charge in [-0.2, -0.15) is 0 Å². The van der Waals surface area contributed by atoms with Gasteiger partial charge < -0.3 is 9.84 Å². The van der Waals surface area contributed by atoms with Crippen molar-refractivity contribution in [2.24, 2.45) is 11.8 Å². The molecule has 0 saturated heterocycles. The first-order chi connectivity index (χ1) is 7.77. The first-order valence-electron chi connectivity index (χ1n) is 6.20. The van der Waals surface area contributed by atoms with Crippen LogP contribution in [0.15, 0.2) is 18.2 Å².